The van der Waals surface area contributed by atoms with Crippen LogP contribution in [-0.4, -0.2) is 31.5 Å². The first kappa shape index (κ1) is 16.8. The summed E-state index contributed by atoms with van der Waals surface area (Å²) in [6.07, 6.45) is 0. The second-order valence-corrected chi connectivity index (χ2v) is 5.32. The number of nitrogens with one attached hydrogen (secondary N) is 1. The minimum atomic E-state index is 0.0498. The van der Waals surface area contributed by atoms with Crippen molar-refractivity contribution in [2.75, 3.05) is 20.3 Å². The van der Waals surface area contributed by atoms with Gasteiger partial charge in [0.25, 0.3) is 0 Å². The first-order valence-corrected chi connectivity index (χ1v) is 7.20. The normalized spacial score (nSPS) is 14.3. The molecule has 1 aromatic rings. The lowest BCUT2D eigenvalue weighted by molar-refractivity contribution is 0.104. The summed E-state index contributed by atoms with van der Waals surface area (Å²) in [6.45, 7) is 9.76. The molecule has 2 atom stereocenters. The summed E-state index contributed by atoms with van der Waals surface area (Å²) in [6, 6.07) is 5.70. The zero-order chi connectivity index (χ0) is 15.1. The van der Waals surface area contributed by atoms with E-state index in [2.05, 4.69) is 19.2 Å². The SMILES string of the molecule is CCOCC(NC(C)c1ccc(OC)cc1O)C(C)C. The zero-order valence-electron chi connectivity index (χ0n) is 13.1. The first-order chi connectivity index (χ1) is 9.49. The lowest BCUT2D eigenvalue weighted by Gasteiger charge is -2.27. The number of hydrogen-bond acceptors (Lipinski definition) is 4. The maximum atomic E-state index is 10.1. The van der Waals surface area contributed by atoms with Gasteiger partial charge in [-0.25, -0.2) is 0 Å². The van der Waals surface area contributed by atoms with Crippen molar-refractivity contribution in [1.29, 1.82) is 0 Å². The van der Waals surface area contributed by atoms with E-state index in [-0.39, 0.29) is 17.8 Å². The van der Waals surface area contributed by atoms with Gasteiger partial charge in [0.15, 0.2) is 0 Å². The van der Waals surface area contributed by atoms with Gasteiger partial charge in [0.1, 0.15) is 11.5 Å². The predicted molar refractivity (Wildman–Crippen MR) is 81.3 cm³/mol. The molecule has 0 radical (unpaired) electrons. The molecule has 0 spiro atoms. The summed E-state index contributed by atoms with van der Waals surface area (Å²) in [5, 5.41) is 13.6. The Labute approximate surface area is 122 Å². The number of ether oxygens (including phenoxy) is 2. The van der Waals surface area contributed by atoms with Gasteiger partial charge in [-0.2, -0.15) is 0 Å². The molecule has 4 heteroatoms. The van der Waals surface area contributed by atoms with Crippen molar-refractivity contribution in [2.24, 2.45) is 5.92 Å². The van der Waals surface area contributed by atoms with E-state index in [4.69, 9.17) is 9.47 Å². The first-order valence-electron chi connectivity index (χ1n) is 7.20. The van der Waals surface area contributed by atoms with Crippen molar-refractivity contribution in [3.8, 4) is 11.5 Å². The summed E-state index contributed by atoms with van der Waals surface area (Å²) in [5.41, 5.74) is 0.868. The molecule has 0 amide bonds. The molecule has 0 aliphatic heterocycles. The minimum Gasteiger partial charge on any atom is -0.507 e. The number of benzene rings is 1. The Hall–Kier alpha value is -1.26. The molecule has 0 aromatic heterocycles. The number of hydrogen-bond donors (Lipinski definition) is 2. The Kier molecular flexibility index (Phi) is 6.82. The van der Waals surface area contributed by atoms with Gasteiger partial charge < -0.3 is 19.9 Å². The second kappa shape index (κ2) is 8.12. The van der Waals surface area contributed by atoms with E-state index in [1.807, 2.05) is 26.0 Å². The molecular formula is C16H27NO3. The van der Waals surface area contributed by atoms with E-state index >= 15 is 0 Å². The summed E-state index contributed by atoms with van der Waals surface area (Å²) in [5.74, 6) is 1.38. The van der Waals surface area contributed by atoms with Gasteiger partial charge in [-0.3, -0.25) is 0 Å². The molecule has 2 N–H and O–H groups in total. The van der Waals surface area contributed by atoms with Crippen LogP contribution in [0, 0.1) is 5.92 Å². The summed E-state index contributed by atoms with van der Waals surface area (Å²) < 4.78 is 10.6. The Morgan fingerprint density at radius 2 is 1.95 bits per heavy atom. The molecule has 0 bridgehead atoms. The Morgan fingerprint density at radius 3 is 2.45 bits per heavy atom. The highest BCUT2D eigenvalue weighted by Gasteiger charge is 2.19. The Bertz CT molecular complexity index is 407. The van der Waals surface area contributed by atoms with Gasteiger partial charge in [-0.1, -0.05) is 19.9 Å². The van der Waals surface area contributed by atoms with E-state index in [0.717, 1.165) is 5.56 Å². The molecule has 0 aliphatic carbocycles. The maximum absolute atomic E-state index is 10.1. The molecule has 0 fully saturated rings. The van der Waals surface area contributed by atoms with E-state index in [0.29, 0.717) is 24.9 Å². The second-order valence-electron chi connectivity index (χ2n) is 5.32. The lowest BCUT2D eigenvalue weighted by atomic mass is 10.0. The molecule has 4 nitrogen and oxygen atoms in total. The van der Waals surface area contributed by atoms with Gasteiger partial charge in [0.2, 0.25) is 0 Å². The molecule has 1 rings (SSSR count). The van der Waals surface area contributed by atoms with E-state index < -0.39 is 0 Å². The number of phenols is 1. The lowest BCUT2D eigenvalue weighted by Crippen LogP contribution is -2.39. The van der Waals surface area contributed by atoms with E-state index in [1.165, 1.54) is 0 Å². The predicted octanol–water partition coefficient (Wildman–Crippen LogP) is 3.11. The van der Waals surface area contributed by atoms with Crippen LogP contribution in [0.2, 0.25) is 0 Å². The molecule has 20 heavy (non-hydrogen) atoms. The van der Waals surface area contributed by atoms with Crippen LogP contribution >= 0.6 is 0 Å². The molecule has 0 aliphatic rings. The van der Waals surface area contributed by atoms with Gasteiger partial charge in [0, 0.05) is 30.3 Å². The van der Waals surface area contributed by atoms with Crippen molar-refractivity contribution in [3.63, 3.8) is 0 Å². The van der Waals surface area contributed by atoms with Gasteiger partial charge >= 0.3 is 0 Å². The van der Waals surface area contributed by atoms with Crippen molar-refractivity contribution < 1.29 is 14.6 Å². The summed E-state index contributed by atoms with van der Waals surface area (Å²) in [4.78, 5) is 0. The summed E-state index contributed by atoms with van der Waals surface area (Å²) >= 11 is 0. The monoisotopic (exact) mass is 281 g/mol. The fourth-order valence-electron chi connectivity index (χ4n) is 2.11. The van der Waals surface area contributed by atoms with Gasteiger partial charge in [-0.05, 0) is 25.8 Å². The third-order valence-corrected chi connectivity index (χ3v) is 3.47. The summed E-state index contributed by atoms with van der Waals surface area (Å²) in [7, 11) is 1.59. The van der Waals surface area contributed by atoms with Crippen molar-refractivity contribution in [3.05, 3.63) is 23.8 Å². The number of aromatic hydroxyl groups is 1. The number of phenolic OH excluding ortho intramolecular Hbond substituents is 1. The van der Waals surface area contributed by atoms with Crippen molar-refractivity contribution in [2.45, 2.75) is 39.8 Å². The van der Waals surface area contributed by atoms with Crippen LogP contribution in [0.1, 0.15) is 39.3 Å². The van der Waals surface area contributed by atoms with Gasteiger partial charge in [0.05, 0.1) is 13.7 Å². The number of rotatable bonds is 8. The molecule has 2 unspecified atom stereocenters. The van der Waals surface area contributed by atoms with Crippen molar-refractivity contribution >= 4 is 0 Å². The average Bonchev–Trinajstić information content (AvgIpc) is 2.42. The standard InChI is InChI=1S/C16H27NO3/c1-6-20-10-15(11(2)3)17-12(4)14-8-7-13(19-5)9-16(14)18/h7-9,11-12,15,17-18H,6,10H2,1-5H3. The average molecular weight is 281 g/mol. The molecule has 0 saturated carbocycles. The largest absolute Gasteiger partial charge is 0.507 e. The quantitative estimate of drug-likeness (QED) is 0.768. The van der Waals surface area contributed by atoms with E-state index in [9.17, 15) is 5.11 Å². The van der Waals surface area contributed by atoms with Crippen LogP contribution < -0.4 is 10.1 Å². The molecule has 0 heterocycles. The fraction of sp³-hybridized carbons (Fsp3) is 0.625. The van der Waals surface area contributed by atoms with Gasteiger partial charge in [-0.15, -0.1) is 0 Å². The zero-order valence-corrected chi connectivity index (χ0v) is 13.1. The maximum Gasteiger partial charge on any atom is 0.124 e. The third kappa shape index (κ3) is 4.69. The topological polar surface area (TPSA) is 50.7 Å². The molecule has 114 valence electrons. The van der Waals surface area contributed by atoms with Crippen LogP contribution in [0.3, 0.4) is 0 Å². The minimum absolute atomic E-state index is 0.0498. The molecular weight excluding hydrogens is 254 g/mol. The highest BCUT2D eigenvalue weighted by atomic mass is 16.5. The Morgan fingerprint density at radius 1 is 1.25 bits per heavy atom. The smallest absolute Gasteiger partial charge is 0.124 e. The van der Waals surface area contributed by atoms with Crippen LogP contribution in [0.4, 0.5) is 0 Å². The fourth-order valence-corrected chi connectivity index (χ4v) is 2.11. The highest BCUT2D eigenvalue weighted by molar-refractivity contribution is 5.41. The highest BCUT2D eigenvalue weighted by Crippen LogP contribution is 2.28. The number of methoxy groups -OCH3 is 1. The van der Waals surface area contributed by atoms with Crippen LogP contribution in [0.15, 0.2) is 18.2 Å². The third-order valence-electron chi connectivity index (χ3n) is 3.47. The van der Waals surface area contributed by atoms with E-state index in [1.54, 1.807) is 13.2 Å². The molecule has 1 aromatic carbocycles. The molecule has 0 saturated heterocycles. The van der Waals surface area contributed by atoms with Crippen LogP contribution in [0.25, 0.3) is 0 Å². The van der Waals surface area contributed by atoms with Crippen molar-refractivity contribution in [1.82, 2.24) is 5.32 Å². The Balaban J connectivity index is 2.75. The van der Waals surface area contributed by atoms with Crippen LogP contribution in [0.5, 0.6) is 11.5 Å². The van der Waals surface area contributed by atoms with Crippen LogP contribution in [-0.2, 0) is 4.74 Å².